The van der Waals surface area contributed by atoms with E-state index in [0.29, 0.717) is 18.0 Å². The lowest BCUT2D eigenvalue weighted by molar-refractivity contribution is -0.118. The largest absolute Gasteiger partial charge is 0.351 e. The van der Waals surface area contributed by atoms with Crippen LogP contribution in [0.3, 0.4) is 0 Å². The van der Waals surface area contributed by atoms with Crippen molar-refractivity contribution in [1.82, 2.24) is 30.1 Å². The summed E-state index contributed by atoms with van der Waals surface area (Å²) in [7, 11) is 0. The summed E-state index contributed by atoms with van der Waals surface area (Å²) >= 11 is 1.37. The van der Waals surface area contributed by atoms with Gasteiger partial charge in [-0.2, -0.15) is 9.61 Å². The molecule has 0 saturated carbocycles. The first-order valence-corrected chi connectivity index (χ1v) is 9.34. The third kappa shape index (κ3) is 4.12. The van der Waals surface area contributed by atoms with Gasteiger partial charge in [-0.05, 0) is 29.8 Å². The quantitative estimate of drug-likeness (QED) is 0.521. The van der Waals surface area contributed by atoms with Crippen LogP contribution >= 0.6 is 11.8 Å². The number of nitrogens with one attached hydrogen (secondary N) is 1. The number of nitrogens with zero attached hydrogens (tertiary/aromatic N) is 5. The van der Waals surface area contributed by atoms with Crippen molar-refractivity contribution in [3.8, 4) is 11.4 Å². The van der Waals surface area contributed by atoms with E-state index in [1.54, 1.807) is 16.9 Å². The molecule has 0 radical (unpaired) electrons. The lowest BCUT2D eigenvalue weighted by Gasteiger charge is -2.05. The van der Waals surface area contributed by atoms with Crippen molar-refractivity contribution in [2.24, 2.45) is 0 Å². The lowest BCUT2D eigenvalue weighted by Crippen LogP contribution is -2.24. The van der Waals surface area contributed by atoms with Gasteiger partial charge >= 0.3 is 0 Å². The van der Waals surface area contributed by atoms with Crippen molar-refractivity contribution in [1.29, 1.82) is 0 Å². The highest BCUT2D eigenvalue weighted by Crippen LogP contribution is 2.20. The number of rotatable bonds is 6. The molecule has 0 bridgehead atoms. The van der Waals surface area contributed by atoms with Crippen LogP contribution in [-0.4, -0.2) is 36.5 Å². The van der Waals surface area contributed by atoms with Crippen LogP contribution in [0.5, 0.6) is 0 Å². The van der Waals surface area contributed by atoms with E-state index in [4.69, 9.17) is 0 Å². The van der Waals surface area contributed by atoms with Crippen molar-refractivity contribution >= 4 is 23.3 Å². The van der Waals surface area contributed by atoms with E-state index in [1.807, 2.05) is 54.6 Å². The van der Waals surface area contributed by atoms with Crippen LogP contribution in [0.25, 0.3) is 17.0 Å². The van der Waals surface area contributed by atoms with Crippen LogP contribution in [0.2, 0.25) is 0 Å². The minimum absolute atomic E-state index is 0.0381. The van der Waals surface area contributed by atoms with Gasteiger partial charge in [-0.15, -0.1) is 10.2 Å². The normalized spacial score (nSPS) is 10.8. The average Bonchev–Trinajstić information content (AvgIpc) is 3.15. The van der Waals surface area contributed by atoms with Gasteiger partial charge in [0.05, 0.1) is 5.75 Å². The number of hydrogen-bond acceptors (Lipinski definition) is 6. The Morgan fingerprint density at radius 3 is 2.63 bits per heavy atom. The van der Waals surface area contributed by atoms with Gasteiger partial charge in [0.1, 0.15) is 5.03 Å². The van der Waals surface area contributed by atoms with E-state index in [-0.39, 0.29) is 11.7 Å². The molecule has 27 heavy (non-hydrogen) atoms. The van der Waals surface area contributed by atoms with Crippen LogP contribution in [-0.2, 0) is 11.3 Å². The van der Waals surface area contributed by atoms with Crippen molar-refractivity contribution < 1.29 is 4.79 Å². The summed E-state index contributed by atoms with van der Waals surface area (Å²) in [5.74, 6) is 0.894. The van der Waals surface area contributed by atoms with E-state index in [0.717, 1.165) is 16.2 Å². The molecule has 0 unspecified atom stereocenters. The zero-order valence-electron chi connectivity index (χ0n) is 14.3. The minimum Gasteiger partial charge on any atom is -0.351 e. The smallest absolute Gasteiger partial charge is 0.230 e. The lowest BCUT2D eigenvalue weighted by atomic mass is 10.2. The molecule has 134 valence electrons. The van der Waals surface area contributed by atoms with Crippen molar-refractivity contribution in [3.05, 3.63) is 72.6 Å². The maximum atomic E-state index is 12.1. The first-order valence-electron chi connectivity index (χ1n) is 8.36. The van der Waals surface area contributed by atoms with Gasteiger partial charge in [-0.1, -0.05) is 42.1 Å². The topological polar surface area (TPSA) is 85.1 Å². The molecule has 1 amide bonds. The molecule has 3 aromatic heterocycles. The van der Waals surface area contributed by atoms with Gasteiger partial charge in [0, 0.05) is 24.5 Å². The second-order valence-corrected chi connectivity index (χ2v) is 6.75. The minimum atomic E-state index is -0.0381. The van der Waals surface area contributed by atoms with Gasteiger partial charge < -0.3 is 5.32 Å². The predicted molar refractivity (Wildman–Crippen MR) is 103 cm³/mol. The SMILES string of the molecule is O=C(CSc1ccc2nnc(-c3ccncc3)n2n1)NCc1ccccc1. The number of carbonyl (C=O) groups excluding carboxylic acids is 1. The fraction of sp³-hybridized carbons (Fsp3) is 0.105. The number of benzene rings is 1. The van der Waals surface area contributed by atoms with E-state index in [2.05, 4.69) is 25.6 Å². The molecule has 4 rings (SSSR count). The summed E-state index contributed by atoms with van der Waals surface area (Å²) < 4.78 is 1.68. The summed E-state index contributed by atoms with van der Waals surface area (Å²) in [4.78, 5) is 16.1. The molecule has 3 heterocycles. The molecule has 0 aliphatic rings. The third-order valence-electron chi connectivity index (χ3n) is 3.86. The van der Waals surface area contributed by atoms with Crippen LogP contribution < -0.4 is 5.32 Å². The molecule has 4 aromatic rings. The van der Waals surface area contributed by atoms with E-state index >= 15 is 0 Å². The highest BCUT2D eigenvalue weighted by atomic mass is 32.2. The Balaban J connectivity index is 1.42. The fourth-order valence-electron chi connectivity index (χ4n) is 2.52. The summed E-state index contributed by atoms with van der Waals surface area (Å²) in [6.07, 6.45) is 3.40. The molecular formula is C19H16N6OS. The van der Waals surface area contributed by atoms with Gasteiger partial charge in [0.15, 0.2) is 11.5 Å². The highest BCUT2D eigenvalue weighted by Gasteiger charge is 2.11. The highest BCUT2D eigenvalue weighted by molar-refractivity contribution is 7.99. The van der Waals surface area contributed by atoms with Crippen LogP contribution in [0, 0.1) is 0 Å². The summed E-state index contributed by atoms with van der Waals surface area (Å²) in [5, 5.41) is 16.5. The first kappa shape index (κ1) is 17.2. The zero-order valence-corrected chi connectivity index (χ0v) is 15.1. The molecule has 8 heteroatoms. The van der Waals surface area contributed by atoms with E-state index < -0.39 is 0 Å². The monoisotopic (exact) mass is 376 g/mol. The number of amides is 1. The molecule has 0 atom stereocenters. The van der Waals surface area contributed by atoms with Crippen molar-refractivity contribution in [3.63, 3.8) is 0 Å². The van der Waals surface area contributed by atoms with Crippen LogP contribution in [0.1, 0.15) is 5.56 Å². The van der Waals surface area contributed by atoms with E-state index in [9.17, 15) is 4.79 Å². The third-order valence-corrected chi connectivity index (χ3v) is 4.78. The average molecular weight is 376 g/mol. The fourth-order valence-corrected chi connectivity index (χ4v) is 3.20. The zero-order chi connectivity index (χ0) is 18.5. The van der Waals surface area contributed by atoms with Crippen molar-refractivity contribution in [2.75, 3.05) is 5.75 Å². The van der Waals surface area contributed by atoms with Crippen LogP contribution in [0.4, 0.5) is 0 Å². The maximum absolute atomic E-state index is 12.1. The van der Waals surface area contributed by atoms with Gasteiger partial charge in [0.25, 0.3) is 0 Å². The Morgan fingerprint density at radius 1 is 1.00 bits per heavy atom. The molecule has 0 saturated heterocycles. The number of thioether (sulfide) groups is 1. The Kier molecular flexibility index (Phi) is 5.06. The Bertz CT molecular complexity index is 1050. The first-order chi connectivity index (χ1) is 13.3. The predicted octanol–water partition coefficient (Wildman–Crippen LogP) is 2.59. The molecule has 1 N–H and O–H groups in total. The molecule has 0 spiro atoms. The van der Waals surface area contributed by atoms with Crippen molar-refractivity contribution in [2.45, 2.75) is 11.6 Å². The molecule has 0 fully saturated rings. The van der Waals surface area contributed by atoms with Crippen LogP contribution in [0.15, 0.2) is 72.0 Å². The van der Waals surface area contributed by atoms with Gasteiger partial charge in [-0.3, -0.25) is 9.78 Å². The Morgan fingerprint density at radius 2 is 1.81 bits per heavy atom. The molecular weight excluding hydrogens is 360 g/mol. The molecule has 7 nitrogen and oxygen atoms in total. The number of carbonyl (C=O) groups is 1. The second kappa shape index (κ2) is 7.96. The van der Waals surface area contributed by atoms with E-state index in [1.165, 1.54) is 11.8 Å². The maximum Gasteiger partial charge on any atom is 0.230 e. The van der Waals surface area contributed by atoms with Gasteiger partial charge in [-0.25, -0.2) is 0 Å². The molecule has 0 aliphatic carbocycles. The number of aromatic nitrogens is 5. The summed E-state index contributed by atoms with van der Waals surface area (Å²) in [6.45, 7) is 0.518. The van der Waals surface area contributed by atoms with Gasteiger partial charge in [0.2, 0.25) is 5.91 Å². The summed E-state index contributed by atoms with van der Waals surface area (Å²) in [6, 6.07) is 17.2. The molecule has 1 aromatic carbocycles. The number of fused-ring (bicyclic) bond motifs is 1. The molecule has 0 aliphatic heterocycles. The second-order valence-electron chi connectivity index (χ2n) is 5.75. The summed E-state index contributed by atoms with van der Waals surface area (Å²) in [5.41, 5.74) is 2.61. The number of pyridine rings is 1. The Labute approximate surface area is 159 Å². The standard InChI is InChI=1S/C19H16N6OS/c26-17(21-12-14-4-2-1-3-5-14)13-27-18-7-6-16-22-23-19(25(16)24-18)15-8-10-20-11-9-15/h1-11H,12-13H2,(H,21,26). The number of hydrogen-bond donors (Lipinski definition) is 1. The Hall–Kier alpha value is -3.26.